The van der Waals surface area contributed by atoms with E-state index in [0.717, 1.165) is 11.3 Å². The quantitative estimate of drug-likeness (QED) is 0.195. The van der Waals surface area contributed by atoms with Crippen LogP contribution in [-0.4, -0.2) is 43.7 Å². The van der Waals surface area contributed by atoms with Crippen molar-refractivity contribution in [3.8, 4) is 11.5 Å². The van der Waals surface area contributed by atoms with Crippen LogP contribution in [-0.2, 0) is 0 Å². The minimum Gasteiger partial charge on any atom is -0.497 e. The van der Waals surface area contributed by atoms with E-state index in [9.17, 15) is 14.4 Å². The largest absolute Gasteiger partial charge is 0.497 e. The summed E-state index contributed by atoms with van der Waals surface area (Å²) in [6, 6.07) is 25.0. The lowest BCUT2D eigenvalue weighted by Gasteiger charge is -2.37. The van der Waals surface area contributed by atoms with Gasteiger partial charge >= 0.3 is 0 Å². The number of halogens is 1. The molecule has 0 radical (unpaired) electrons. The molecule has 208 valence electrons. The molecular weight excluding hydrogens is 550 g/mol. The summed E-state index contributed by atoms with van der Waals surface area (Å²) in [6.07, 6.45) is 3.85. The topological polar surface area (TPSA) is 72.9 Å². The van der Waals surface area contributed by atoms with Gasteiger partial charge < -0.3 is 14.4 Å². The minimum atomic E-state index is -1.62. The predicted molar refractivity (Wildman–Crippen MR) is 161 cm³/mol. The summed E-state index contributed by atoms with van der Waals surface area (Å²) in [6.45, 7) is 0. The van der Waals surface area contributed by atoms with Gasteiger partial charge in [0.2, 0.25) is 0 Å². The number of hydrogen-bond acceptors (Lipinski definition) is 6. The summed E-state index contributed by atoms with van der Waals surface area (Å²) in [7, 11) is 3.09. The molecule has 4 aromatic carbocycles. The number of ether oxygens (including phenoxy) is 2. The first-order chi connectivity index (χ1) is 20.4. The van der Waals surface area contributed by atoms with Crippen LogP contribution >= 0.6 is 11.6 Å². The Bertz CT molecular complexity index is 1780. The zero-order valence-electron chi connectivity index (χ0n) is 22.9. The van der Waals surface area contributed by atoms with E-state index >= 15 is 0 Å². The number of para-hydroxylation sites is 1. The average molecular weight is 576 g/mol. The Labute approximate surface area is 248 Å². The Morgan fingerprint density at radius 2 is 1.50 bits per heavy atom. The van der Waals surface area contributed by atoms with E-state index in [1.165, 1.54) is 7.11 Å². The molecule has 2 heterocycles. The highest BCUT2D eigenvalue weighted by molar-refractivity contribution is 6.32. The second-order valence-corrected chi connectivity index (χ2v) is 11.2. The van der Waals surface area contributed by atoms with Gasteiger partial charge in [-0.05, 0) is 42.0 Å². The Kier molecular flexibility index (Phi) is 6.06. The molecule has 1 saturated heterocycles. The average Bonchev–Trinajstić information content (AvgIpc) is 3.46. The second kappa shape index (κ2) is 9.71. The van der Waals surface area contributed by atoms with Crippen LogP contribution in [0.5, 0.6) is 11.5 Å². The first kappa shape index (κ1) is 26.2. The first-order valence-corrected chi connectivity index (χ1v) is 14.1. The Morgan fingerprint density at radius 1 is 0.833 bits per heavy atom. The van der Waals surface area contributed by atoms with Gasteiger partial charge in [-0.2, -0.15) is 0 Å². The van der Waals surface area contributed by atoms with Crippen molar-refractivity contribution in [2.45, 2.75) is 18.0 Å². The van der Waals surface area contributed by atoms with E-state index in [0.29, 0.717) is 38.8 Å². The van der Waals surface area contributed by atoms with Crippen molar-refractivity contribution in [1.82, 2.24) is 0 Å². The zero-order chi connectivity index (χ0) is 29.2. The summed E-state index contributed by atoms with van der Waals surface area (Å²) in [5.74, 6) is -0.722. The van der Waals surface area contributed by atoms with Crippen molar-refractivity contribution in [3.05, 3.63) is 130 Å². The molecule has 0 amide bonds. The zero-order valence-corrected chi connectivity index (χ0v) is 23.7. The number of anilines is 1. The Morgan fingerprint density at radius 3 is 2.17 bits per heavy atom. The molecule has 0 saturated carbocycles. The molecule has 1 fully saturated rings. The minimum absolute atomic E-state index is 0.224. The van der Waals surface area contributed by atoms with Crippen LogP contribution in [0.2, 0.25) is 5.02 Å². The summed E-state index contributed by atoms with van der Waals surface area (Å²) < 4.78 is 11.3. The molecule has 0 bridgehead atoms. The van der Waals surface area contributed by atoms with Crippen molar-refractivity contribution in [2.24, 2.45) is 5.41 Å². The molecule has 1 spiro atoms. The van der Waals surface area contributed by atoms with E-state index in [-0.39, 0.29) is 17.3 Å². The van der Waals surface area contributed by atoms with Crippen molar-refractivity contribution < 1.29 is 23.9 Å². The van der Waals surface area contributed by atoms with Crippen LogP contribution in [0, 0.1) is 5.41 Å². The van der Waals surface area contributed by atoms with Gasteiger partial charge in [0.1, 0.15) is 23.0 Å². The maximum absolute atomic E-state index is 14.8. The van der Waals surface area contributed by atoms with Crippen molar-refractivity contribution >= 4 is 40.7 Å². The Balaban J connectivity index is 1.57. The van der Waals surface area contributed by atoms with Gasteiger partial charge in [-0.15, -0.1) is 0 Å². The van der Waals surface area contributed by atoms with Gasteiger partial charge in [-0.3, -0.25) is 14.4 Å². The molecule has 3 atom stereocenters. The maximum atomic E-state index is 14.8. The molecule has 3 aliphatic rings. The van der Waals surface area contributed by atoms with Crippen molar-refractivity contribution in [1.29, 1.82) is 0 Å². The van der Waals surface area contributed by atoms with Crippen LogP contribution in [0.25, 0.3) is 6.08 Å². The van der Waals surface area contributed by atoms with E-state index in [1.807, 2.05) is 47.4 Å². The molecular formula is C35H26ClNO5. The molecule has 0 unspecified atom stereocenters. The summed E-state index contributed by atoms with van der Waals surface area (Å²) in [5.41, 5.74) is 1.81. The smallest absolute Gasteiger partial charge is 0.185 e. The number of benzene rings is 4. The van der Waals surface area contributed by atoms with E-state index in [1.54, 1.807) is 67.8 Å². The number of methoxy groups -OCH3 is 2. The molecule has 0 N–H and O–H groups in total. The van der Waals surface area contributed by atoms with Gasteiger partial charge in [0.05, 0.1) is 20.3 Å². The SMILES string of the molecule is COc1ccc([C@H]2[C@H](C(=O)c3ccc(Cl)cc3)N3c4ccccc4C=C[C@H]3C23C(=O)c2ccccc2C3=O)c(OC)c1. The summed E-state index contributed by atoms with van der Waals surface area (Å²) >= 11 is 6.19. The van der Waals surface area contributed by atoms with Crippen LogP contribution in [0.4, 0.5) is 5.69 Å². The maximum Gasteiger partial charge on any atom is 0.185 e. The fraction of sp³-hybridized carbons (Fsp3) is 0.171. The standard InChI is InChI=1S/C35H26ClNO5/c1-41-23-16-17-26(28(19-23)42-2)30-31(32(38)21-11-14-22(36)15-12-21)37-27-10-6-3-7-20(27)13-18-29(37)35(30)33(39)24-8-4-5-9-25(24)34(35)40/h3-19,29-31H,1-2H3/t29-,30-,31+/m0/s1. The summed E-state index contributed by atoms with van der Waals surface area (Å²) in [4.78, 5) is 46.3. The Hall–Kier alpha value is -4.68. The third-order valence-corrected chi connectivity index (χ3v) is 9.14. The highest BCUT2D eigenvalue weighted by Gasteiger charge is 2.72. The van der Waals surface area contributed by atoms with E-state index < -0.39 is 23.4 Å². The molecule has 2 aliphatic heterocycles. The third kappa shape index (κ3) is 3.48. The van der Waals surface area contributed by atoms with Crippen LogP contribution < -0.4 is 14.4 Å². The van der Waals surface area contributed by atoms with Crippen LogP contribution in [0.1, 0.15) is 48.1 Å². The van der Waals surface area contributed by atoms with Crippen LogP contribution in [0.15, 0.2) is 97.1 Å². The van der Waals surface area contributed by atoms with Gasteiger partial charge in [-0.25, -0.2) is 0 Å². The van der Waals surface area contributed by atoms with E-state index in [4.69, 9.17) is 21.1 Å². The highest BCUT2D eigenvalue weighted by Crippen LogP contribution is 2.62. The lowest BCUT2D eigenvalue weighted by molar-refractivity contribution is 0.0665. The molecule has 7 heteroatoms. The monoisotopic (exact) mass is 575 g/mol. The molecule has 42 heavy (non-hydrogen) atoms. The number of fused-ring (bicyclic) bond motifs is 5. The number of carbonyl (C=O) groups excluding carboxylic acids is 3. The number of rotatable bonds is 5. The molecule has 6 nitrogen and oxygen atoms in total. The lowest BCUT2D eigenvalue weighted by atomic mass is 9.64. The third-order valence-electron chi connectivity index (χ3n) is 8.89. The molecule has 0 aromatic heterocycles. The lowest BCUT2D eigenvalue weighted by Crippen LogP contribution is -2.48. The number of Topliss-reactive ketones (excluding diaryl/α,β-unsaturated/α-hetero) is 3. The number of ketones is 3. The number of nitrogens with zero attached hydrogens (tertiary/aromatic N) is 1. The molecule has 7 rings (SSSR count). The first-order valence-electron chi connectivity index (χ1n) is 13.7. The van der Waals surface area contributed by atoms with Crippen molar-refractivity contribution in [3.63, 3.8) is 0 Å². The van der Waals surface area contributed by atoms with Gasteiger partial charge in [0.15, 0.2) is 17.3 Å². The fourth-order valence-electron chi connectivity index (χ4n) is 7.12. The van der Waals surface area contributed by atoms with Crippen LogP contribution in [0.3, 0.4) is 0 Å². The second-order valence-electron chi connectivity index (χ2n) is 10.7. The predicted octanol–water partition coefficient (Wildman–Crippen LogP) is 6.67. The van der Waals surface area contributed by atoms with Gasteiger partial charge in [0.25, 0.3) is 0 Å². The molecule has 4 aromatic rings. The fourth-order valence-corrected chi connectivity index (χ4v) is 7.25. The normalized spacial score (nSPS) is 21.2. The number of hydrogen-bond donors (Lipinski definition) is 0. The molecule has 1 aliphatic carbocycles. The van der Waals surface area contributed by atoms with E-state index in [2.05, 4.69) is 0 Å². The highest BCUT2D eigenvalue weighted by atomic mass is 35.5. The van der Waals surface area contributed by atoms with Gasteiger partial charge in [0, 0.05) is 44.9 Å². The summed E-state index contributed by atoms with van der Waals surface area (Å²) in [5, 5.41) is 0.503. The van der Waals surface area contributed by atoms with Gasteiger partial charge in [-0.1, -0.05) is 72.3 Å². The number of carbonyl (C=O) groups is 3. The van der Waals surface area contributed by atoms with Crippen molar-refractivity contribution in [2.75, 3.05) is 19.1 Å².